The van der Waals surface area contributed by atoms with Crippen LogP contribution in [0.5, 0.6) is 0 Å². The molecule has 0 saturated heterocycles. The van der Waals surface area contributed by atoms with E-state index in [4.69, 9.17) is 0 Å². The van der Waals surface area contributed by atoms with Gasteiger partial charge in [-0.15, -0.1) is 11.3 Å². The van der Waals surface area contributed by atoms with Gasteiger partial charge in [0.2, 0.25) is 0 Å². The van der Waals surface area contributed by atoms with E-state index >= 15 is 0 Å². The lowest BCUT2D eigenvalue weighted by molar-refractivity contribution is 0.247. The summed E-state index contributed by atoms with van der Waals surface area (Å²) >= 11 is 1.30. The molecule has 0 spiro atoms. The lowest BCUT2D eigenvalue weighted by Crippen LogP contribution is -2.38. The van der Waals surface area contributed by atoms with Gasteiger partial charge in [-0.1, -0.05) is 0 Å². The van der Waals surface area contributed by atoms with E-state index in [0.29, 0.717) is 17.2 Å². The zero-order chi connectivity index (χ0) is 16.9. The van der Waals surface area contributed by atoms with Crippen LogP contribution < -0.4 is 10.6 Å². The largest absolute Gasteiger partial charge is 0.334 e. The number of hydrogen-bond acceptors (Lipinski definition) is 5. The van der Waals surface area contributed by atoms with Gasteiger partial charge in [0.1, 0.15) is 29.2 Å². The number of thiazole rings is 1. The predicted octanol–water partition coefficient (Wildman–Crippen LogP) is 2.75. The van der Waals surface area contributed by atoms with Crippen molar-refractivity contribution in [3.05, 3.63) is 48.2 Å². The Morgan fingerprint density at radius 3 is 2.88 bits per heavy atom. The predicted molar refractivity (Wildman–Crippen MR) is 89.1 cm³/mol. The molecule has 124 valence electrons. The van der Waals surface area contributed by atoms with E-state index in [1.54, 1.807) is 28.7 Å². The number of benzene rings is 1. The van der Waals surface area contributed by atoms with Crippen molar-refractivity contribution in [2.45, 2.75) is 19.5 Å². The van der Waals surface area contributed by atoms with Gasteiger partial charge in [0.15, 0.2) is 0 Å². The summed E-state index contributed by atoms with van der Waals surface area (Å²) in [5.74, 6) is -0.317. The van der Waals surface area contributed by atoms with Gasteiger partial charge in [-0.25, -0.2) is 19.2 Å². The van der Waals surface area contributed by atoms with Crippen molar-refractivity contribution in [2.75, 3.05) is 5.32 Å². The maximum absolute atomic E-state index is 13.0. The first kappa shape index (κ1) is 16.1. The number of nitrogens with one attached hydrogen (secondary N) is 2. The van der Waals surface area contributed by atoms with Crippen LogP contribution in [0.2, 0.25) is 0 Å². The minimum atomic E-state index is -0.338. The monoisotopic (exact) mass is 346 g/mol. The highest BCUT2D eigenvalue weighted by atomic mass is 32.1. The van der Waals surface area contributed by atoms with E-state index in [1.165, 1.54) is 29.8 Å². The lowest BCUT2D eigenvalue weighted by Gasteiger charge is -2.14. The van der Waals surface area contributed by atoms with Gasteiger partial charge in [0, 0.05) is 11.6 Å². The van der Waals surface area contributed by atoms with E-state index < -0.39 is 0 Å². The van der Waals surface area contributed by atoms with Crippen LogP contribution in [0, 0.1) is 5.82 Å². The normalized spacial score (nSPS) is 11.9. The molecule has 2 N–H and O–H groups in total. The fourth-order valence-electron chi connectivity index (χ4n) is 2.16. The second-order valence-electron chi connectivity index (χ2n) is 5.15. The Bertz CT molecular complexity index is 802. The minimum absolute atomic E-state index is 0.131. The molecular formula is C15H15FN6OS. The molecule has 3 aromatic rings. The van der Waals surface area contributed by atoms with Crippen LogP contribution in [0.15, 0.2) is 42.4 Å². The molecule has 2 heterocycles. The summed E-state index contributed by atoms with van der Waals surface area (Å²) < 4.78 is 14.7. The van der Waals surface area contributed by atoms with E-state index in [2.05, 4.69) is 25.7 Å². The van der Waals surface area contributed by atoms with Crippen LogP contribution in [0.3, 0.4) is 0 Å². The number of rotatable bonds is 5. The van der Waals surface area contributed by atoms with E-state index in [0.717, 1.165) is 5.56 Å². The highest BCUT2D eigenvalue weighted by molar-refractivity contribution is 7.14. The van der Waals surface area contributed by atoms with Gasteiger partial charge >= 0.3 is 6.03 Å². The molecule has 0 aliphatic heterocycles. The van der Waals surface area contributed by atoms with Gasteiger partial charge < -0.3 is 5.32 Å². The molecule has 0 fully saturated rings. The van der Waals surface area contributed by atoms with Crippen LogP contribution in [0.25, 0.3) is 11.3 Å². The van der Waals surface area contributed by atoms with Crippen molar-refractivity contribution in [1.29, 1.82) is 0 Å². The third kappa shape index (κ3) is 3.93. The number of carbonyl (C=O) groups is 1. The number of anilines is 1. The Balaban J connectivity index is 1.63. The van der Waals surface area contributed by atoms with Crippen LogP contribution in [0.1, 0.15) is 6.92 Å². The second kappa shape index (κ2) is 7.18. The standard InChI is InChI=1S/C15H15FN6OS/c1-10(6-22-8-17-7-19-22)20-15(23)21-14-13(18-9-24-14)11-2-4-12(16)5-3-11/h2-5,7-10H,6H2,1H3,(H2,20,21,23)/t10-/m1/s1. The molecule has 0 saturated carbocycles. The molecule has 0 radical (unpaired) electrons. The molecule has 24 heavy (non-hydrogen) atoms. The molecule has 7 nitrogen and oxygen atoms in total. The molecule has 1 aromatic carbocycles. The van der Waals surface area contributed by atoms with Crippen molar-refractivity contribution < 1.29 is 9.18 Å². The van der Waals surface area contributed by atoms with E-state index in [-0.39, 0.29) is 17.9 Å². The summed E-state index contributed by atoms with van der Waals surface area (Å²) in [6.45, 7) is 2.38. The third-order valence-corrected chi connectivity index (χ3v) is 3.96. The van der Waals surface area contributed by atoms with Gasteiger partial charge in [0.05, 0.1) is 12.1 Å². The van der Waals surface area contributed by atoms with Gasteiger partial charge in [0.25, 0.3) is 0 Å². The van der Waals surface area contributed by atoms with Gasteiger partial charge in [-0.2, -0.15) is 5.10 Å². The van der Waals surface area contributed by atoms with Crippen molar-refractivity contribution in [3.8, 4) is 11.3 Å². The molecular weight excluding hydrogens is 331 g/mol. The molecule has 2 amide bonds. The summed E-state index contributed by atoms with van der Waals surface area (Å²) in [6.07, 6.45) is 3.03. The number of aromatic nitrogens is 4. The molecule has 2 aromatic heterocycles. The quantitative estimate of drug-likeness (QED) is 0.744. The average Bonchev–Trinajstić information content (AvgIpc) is 3.20. The number of nitrogens with zero attached hydrogens (tertiary/aromatic N) is 4. The summed E-state index contributed by atoms with van der Waals surface area (Å²) in [5, 5.41) is 10.2. The van der Waals surface area contributed by atoms with Crippen molar-refractivity contribution >= 4 is 22.4 Å². The first-order chi connectivity index (χ1) is 11.6. The Hall–Kier alpha value is -2.81. The van der Waals surface area contributed by atoms with Crippen LogP contribution in [-0.2, 0) is 6.54 Å². The smallest absolute Gasteiger partial charge is 0.320 e. The first-order valence-electron chi connectivity index (χ1n) is 7.21. The number of halogens is 1. The Morgan fingerprint density at radius 2 is 2.17 bits per heavy atom. The highest BCUT2D eigenvalue weighted by Crippen LogP contribution is 2.30. The van der Waals surface area contributed by atoms with Crippen LogP contribution in [0.4, 0.5) is 14.2 Å². The zero-order valence-corrected chi connectivity index (χ0v) is 13.6. The lowest BCUT2D eigenvalue weighted by atomic mass is 10.1. The summed E-state index contributed by atoms with van der Waals surface area (Å²) in [7, 11) is 0. The van der Waals surface area contributed by atoms with Gasteiger partial charge in [-0.3, -0.25) is 10.00 Å². The number of hydrogen-bond donors (Lipinski definition) is 2. The molecule has 9 heteroatoms. The number of carbonyl (C=O) groups excluding carboxylic acids is 1. The maximum Gasteiger partial charge on any atom is 0.320 e. The fraction of sp³-hybridized carbons (Fsp3) is 0.200. The van der Waals surface area contributed by atoms with Crippen molar-refractivity contribution in [3.63, 3.8) is 0 Å². The maximum atomic E-state index is 13.0. The first-order valence-corrected chi connectivity index (χ1v) is 8.09. The minimum Gasteiger partial charge on any atom is -0.334 e. The summed E-state index contributed by atoms with van der Waals surface area (Å²) in [6, 6.07) is 5.50. The second-order valence-corrected chi connectivity index (χ2v) is 6.01. The highest BCUT2D eigenvalue weighted by Gasteiger charge is 2.14. The molecule has 0 aliphatic rings. The molecule has 0 bridgehead atoms. The Morgan fingerprint density at radius 1 is 1.38 bits per heavy atom. The molecule has 0 aliphatic carbocycles. The molecule has 1 atom stereocenters. The SMILES string of the molecule is C[C@H](Cn1cncn1)NC(=O)Nc1scnc1-c1ccc(F)cc1. The zero-order valence-electron chi connectivity index (χ0n) is 12.8. The average molecular weight is 346 g/mol. The molecule has 0 unspecified atom stereocenters. The summed E-state index contributed by atoms with van der Waals surface area (Å²) in [4.78, 5) is 20.2. The Labute approximate surface area is 141 Å². The number of urea groups is 1. The van der Waals surface area contributed by atoms with E-state index in [9.17, 15) is 9.18 Å². The third-order valence-electron chi connectivity index (χ3n) is 3.22. The summed E-state index contributed by atoms with van der Waals surface area (Å²) in [5.41, 5.74) is 2.98. The van der Waals surface area contributed by atoms with E-state index in [1.807, 2.05) is 6.92 Å². The van der Waals surface area contributed by atoms with Crippen molar-refractivity contribution in [2.24, 2.45) is 0 Å². The topological polar surface area (TPSA) is 84.7 Å². The van der Waals surface area contributed by atoms with Gasteiger partial charge in [-0.05, 0) is 31.2 Å². The fourth-order valence-corrected chi connectivity index (χ4v) is 2.86. The Kier molecular flexibility index (Phi) is 4.80. The van der Waals surface area contributed by atoms with Crippen LogP contribution in [-0.4, -0.2) is 31.8 Å². The molecule has 3 rings (SSSR count). The van der Waals surface area contributed by atoms with Crippen LogP contribution >= 0.6 is 11.3 Å². The number of amides is 2. The van der Waals surface area contributed by atoms with Crippen molar-refractivity contribution in [1.82, 2.24) is 25.1 Å².